The Morgan fingerprint density at radius 2 is 1.74 bits per heavy atom. The molecule has 3 atom stereocenters. The second-order valence-corrected chi connectivity index (χ2v) is 12.0. The second-order valence-electron chi connectivity index (χ2n) is 12.0. The summed E-state index contributed by atoms with van der Waals surface area (Å²) in [6.45, 7) is 4.04. The van der Waals surface area contributed by atoms with Crippen LogP contribution in [0.1, 0.15) is 68.3 Å². The van der Waals surface area contributed by atoms with E-state index in [1.54, 1.807) is 41.2 Å². The van der Waals surface area contributed by atoms with Gasteiger partial charge in [-0.1, -0.05) is 26.0 Å². The number of hydrogen-bond donors (Lipinski definition) is 2. The molecule has 1 aromatic heterocycles. The van der Waals surface area contributed by atoms with Crippen molar-refractivity contribution in [3.63, 3.8) is 0 Å². The first-order valence-corrected chi connectivity index (χ1v) is 14.9. The van der Waals surface area contributed by atoms with Gasteiger partial charge in [0, 0.05) is 40.7 Å². The minimum Gasteiger partial charge on any atom is -0.388 e. The second kappa shape index (κ2) is 11.2. The van der Waals surface area contributed by atoms with Gasteiger partial charge in [-0.15, -0.1) is 0 Å². The summed E-state index contributed by atoms with van der Waals surface area (Å²) in [7, 11) is 0. The minimum absolute atomic E-state index is 0.0844. The van der Waals surface area contributed by atoms with Crippen molar-refractivity contribution in [3.05, 3.63) is 77.5 Å². The molecule has 222 valence electrons. The van der Waals surface area contributed by atoms with Gasteiger partial charge in [-0.3, -0.25) is 9.48 Å². The van der Waals surface area contributed by atoms with E-state index in [0.717, 1.165) is 25.7 Å². The van der Waals surface area contributed by atoms with E-state index in [0.29, 0.717) is 46.0 Å². The van der Waals surface area contributed by atoms with Crippen molar-refractivity contribution < 1.29 is 18.7 Å². The van der Waals surface area contributed by atoms with E-state index in [1.165, 1.54) is 18.2 Å². The molecule has 0 radical (unpaired) electrons. The van der Waals surface area contributed by atoms with Crippen molar-refractivity contribution in [3.8, 4) is 28.3 Å². The molecule has 43 heavy (non-hydrogen) atoms. The molecule has 0 spiro atoms. The topological polar surface area (TPSA) is 108 Å². The molecule has 2 saturated heterocycles. The lowest BCUT2D eigenvalue weighted by molar-refractivity contribution is 0.0130. The SMILES string of the molecule is CCC(O)(CC)Cn1ncc2cc(-c3ccc(C(=O)N4[C@@H]5CC[C@H]4CC(N)C5)cc3-c3ccc(C#N)c(F)c3)c(F)cc21. The molecule has 7 nitrogen and oxygen atoms in total. The Morgan fingerprint density at radius 1 is 1.02 bits per heavy atom. The van der Waals surface area contributed by atoms with E-state index in [-0.39, 0.29) is 41.7 Å². The Kier molecular flexibility index (Phi) is 7.53. The van der Waals surface area contributed by atoms with E-state index in [2.05, 4.69) is 5.10 Å². The van der Waals surface area contributed by atoms with Gasteiger partial charge < -0.3 is 15.7 Å². The maximum absolute atomic E-state index is 15.9. The van der Waals surface area contributed by atoms with E-state index in [1.807, 2.05) is 24.8 Å². The maximum atomic E-state index is 15.9. The van der Waals surface area contributed by atoms with Crippen molar-refractivity contribution >= 4 is 16.8 Å². The number of rotatable bonds is 7. The highest BCUT2D eigenvalue weighted by atomic mass is 19.1. The van der Waals surface area contributed by atoms with Crippen molar-refractivity contribution in [2.45, 2.75) is 82.6 Å². The fourth-order valence-electron chi connectivity index (χ4n) is 6.81. The third-order valence-electron chi connectivity index (χ3n) is 9.45. The van der Waals surface area contributed by atoms with Crippen LogP contribution in [0.15, 0.2) is 54.7 Å². The third kappa shape index (κ3) is 5.19. The summed E-state index contributed by atoms with van der Waals surface area (Å²) in [4.78, 5) is 15.8. The van der Waals surface area contributed by atoms with Crippen LogP contribution in [0.2, 0.25) is 0 Å². The molecule has 9 heteroatoms. The van der Waals surface area contributed by atoms with Crippen LogP contribution in [0.4, 0.5) is 8.78 Å². The Morgan fingerprint density at radius 3 is 2.40 bits per heavy atom. The molecule has 3 N–H and O–H groups in total. The molecule has 0 aliphatic carbocycles. The first kappa shape index (κ1) is 29.0. The lowest BCUT2D eigenvalue weighted by Crippen LogP contribution is -2.50. The van der Waals surface area contributed by atoms with Crippen molar-refractivity contribution in [1.29, 1.82) is 5.26 Å². The monoisotopic (exact) mass is 583 g/mol. The predicted octanol–water partition coefficient (Wildman–Crippen LogP) is 6.17. The number of carbonyl (C=O) groups excluding carboxylic acids is 1. The highest BCUT2D eigenvalue weighted by Crippen LogP contribution is 2.40. The summed E-state index contributed by atoms with van der Waals surface area (Å²) in [5, 5.41) is 25.2. The molecule has 4 aromatic rings. The molecular weight excluding hydrogens is 548 g/mol. The number of halogens is 2. The molecule has 6 rings (SSSR count). The van der Waals surface area contributed by atoms with Gasteiger partial charge in [-0.05, 0) is 85.5 Å². The smallest absolute Gasteiger partial charge is 0.254 e. The molecule has 1 unspecified atom stereocenters. The summed E-state index contributed by atoms with van der Waals surface area (Å²) in [6.07, 6.45) is 6.08. The largest absolute Gasteiger partial charge is 0.388 e. The van der Waals surface area contributed by atoms with E-state index < -0.39 is 17.2 Å². The van der Waals surface area contributed by atoms with E-state index in [4.69, 9.17) is 5.73 Å². The van der Waals surface area contributed by atoms with Gasteiger partial charge in [0.05, 0.1) is 29.4 Å². The zero-order valence-corrected chi connectivity index (χ0v) is 24.4. The highest BCUT2D eigenvalue weighted by Gasteiger charge is 2.42. The van der Waals surface area contributed by atoms with Crippen molar-refractivity contribution in [2.24, 2.45) is 5.73 Å². The number of carbonyl (C=O) groups is 1. The number of nitrogens with zero attached hydrogens (tertiary/aromatic N) is 4. The molecule has 2 bridgehead atoms. The standard InChI is InChI=1S/C34H35F2N5O2/c1-3-34(43,4-2)19-40-32-16-31(36)29(12-23(32)18-39-40)27-10-7-21(11-28(27)20-5-6-22(17-37)30(35)13-20)33(42)41-25-8-9-26(41)15-24(38)14-25/h5-7,10-13,16,18,24-26,43H,3-4,8-9,14-15,19,38H2,1-2H3/t24?,25-,26+. The fourth-order valence-corrected chi connectivity index (χ4v) is 6.81. The van der Waals surface area contributed by atoms with Crippen LogP contribution in [-0.2, 0) is 6.54 Å². The molecule has 3 heterocycles. The van der Waals surface area contributed by atoms with Crippen LogP contribution in [-0.4, -0.2) is 49.4 Å². The quantitative estimate of drug-likeness (QED) is 0.271. The highest BCUT2D eigenvalue weighted by molar-refractivity contribution is 5.99. The van der Waals surface area contributed by atoms with Gasteiger partial charge in [0.1, 0.15) is 17.7 Å². The van der Waals surface area contributed by atoms with Gasteiger partial charge in [0.15, 0.2) is 0 Å². The molecule has 2 fully saturated rings. The minimum atomic E-state index is -0.956. The zero-order chi connectivity index (χ0) is 30.5. The van der Waals surface area contributed by atoms with Crippen LogP contribution in [0.3, 0.4) is 0 Å². The summed E-state index contributed by atoms with van der Waals surface area (Å²) in [6, 6.07) is 14.6. The lowest BCUT2D eigenvalue weighted by atomic mass is 9.90. The number of amides is 1. The zero-order valence-electron chi connectivity index (χ0n) is 24.4. The van der Waals surface area contributed by atoms with Crippen molar-refractivity contribution in [2.75, 3.05) is 0 Å². The summed E-state index contributed by atoms with van der Waals surface area (Å²) in [5.41, 5.74) is 7.82. The van der Waals surface area contributed by atoms with Crippen LogP contribution in [0.25, 0.3) is 33.2 Å². The van der Waals surface area contributed by atoms with Crippen LogP contribution >= 0.6 is 0 Å². The number of aliphatic hydroxyl groups is 1. The number of piperidine rings is 1. The predicted molar refractivity (Wildman–Crippen MR) is 161 cm³/mol. The Bertz CT molecular complexity index is 1740. The number of nitriles is 1. The number of aromatic nitrogens is 2. The average molecular weight is 584 g/mol. The maximum Gasteiger partial charge on any atom is 0.254 e. The summed E-state index contributed by atoms with van der Waals surface area (Å²) in [5.74, 6) is -1.32. The lowest BCUT2D eigenvalue weighted by Gasteiger charge is -2.38. The van der Waals surface area contributed by atoms with Gasteiger partial charge in [-0.2, -0.15) is 10.4 Å². The Balaban J connectivity index is 1.45. The number of benzene rings is 3. The Labute approximate surface area is 249 Å². The number of fused-ring (bicyclic) bond motifs is 3. The average Bonchev–Trinajstić information content (AvgIpc) is 3.52. The van der Waals surface area contributed by atoms with Gasteiger partial charge in [0.25, 0.3) is 5.91 Å². The van der Waals surface area contributed by atoms with E-state index >= 15 is 4.39 Å². The normalized spacial score (nSPS) is 20.0. The Hall–Kier alpha value is -4.13. The number of nitrogens with two attached hydrogens (primary N) is 1. The van der Waals surface area contributed by atoms with Gasteiger partial charge >= 0.3 is 0 Å². The van der Waals surface area contributed by atoms with Gasteiger partial charge in [-0.25, -0.2) is 8.78 Å². The summed E-state index contributed by atoms with van der Waals surface area (Å²) < 4.78 is 32.4. The van der Waals surface area contributed by atoms with Crippen LogP contribution in [0.5, 0.6) is 0 Å². The van der Waals surface area contributed by atoms with Gasteiger partial charge in [0.2, 0.25) is 0 Å². The third-order valence-corrected chi connectivity index (χ3v) is 9.45. The molecule has 1 amide bonds. The molecule has 3 aromatic carbocycles. The first-order valence-electron chi connectivity index (χ1n) is 14.9. The molecule has 2 aliphatic rings. The van der Waals surface area contributed by atoms with Crippen LogP contribution in [0, 0.1) is 23.0 Å². The number of hydrogen-bond acceptors (Lipinski definition) is 5. The fraction of sp³-hybridized carbons (Fsp3) is 0.382. The summed E-state index contributed by atoms with van der Waals surface area (Å²) >= 11 is 0. The first-order chi connectivity index (χ1) is 20.6. The molecule has 0 saturated carbocycles. The van der Waals surface area contributed by atoms with E-state index in [9.17, 15) is 19.6 Å². The molecular formula is C34H35F2N5O2. The van der Waals surface area contributed by atoms with Crippen LogP contribution < -0.4 is 5.73 Å². The van der Waals surface area contributed by atoms with Crippen molar-refractivity contribution in [1.82, 2.24) is 14.7 Å². The molecule has 2 aliphatic heterocycles.